The molecule has 2 rings (SSSR count). The summed E-state index contributed by atoms with van der Waals surface area (Å²) in [6.45, 7) is 1.75. The Kier molecular flexibility index (Phi) is 3.23. The Balaban J connectivity index is 2.18. The molecule has 5 heteroatoms. The Labute approximate surface area is 103 Å². The fourth-order valence-corrected chi connectivity index (χ4v) is 1.43. The summed E-state index contributed by atoms with van der Waals surface area (Å²) in [6, 6.07) is 5.85. The van der Waals surface area contributed by atoms with Crippen molar-refractivity contribution < 1.29 is 14.3 Å². The molecule has 0 spiro atoms. The number of rotatable bonds is 2. The van der Waals surface area contributed by atoms with Gasteiger partial charge in [-0.25, -0.2) is 4.39 Å². The van der Waals surface area contributed by atoms with Gasteiger partial charge in [-0.2, -0.15) is 0 Å². The summed E-state index contributed by atoms with van der Waals surface area (Å²) in [5.74, 6) is -0.968. The van der Waals surface area contributed by atoms with E-state index in [0.29, 0.717) is 11.3 Å². The van der Waals surface area contributed by atoms with Crippen LogP contribution in [0.5, 0.6) is 5.75 Å². The Morgan fingerprint density at radius 3 is 2.78 bits per heavy atom. The first-order valence-corrected chi connectivity index (χ1v) is 5.28. The number of aryl methyl sites for hydroxylation is 1. The van der Waals surface area contributed by atoms with Gasteiger partial charge in [0.05, 0.1) is 11.8 Å². The van der Waals surface area contributed by atoms with E-state index in [4.69, 9.17) is 0 Å². The lowest BCUT2D eigenvalue weighted by atomic mass is 10.2. The zero-order chi connectivity index (χ0) is 13.1. The van der Waals surface area contributed by atoms with Gasteiger partial charge in [-0.05, 0) is 24.6 Å². The van der Waals surface area contributed by atoms with Crippen LogP contribution in [0.4, 0.5) is 10.1 Å². The highest BCUT2D eigenvalue weighted by molar-refractivity contribution is 6.04. The average molecular weight is 246 g/mol. The third-order valence-electron chi connectivity index (χ3n) is 2.43. The number of benzene rings is 1. The molecule has 1 aromatic heterocycles. The summed E-state index contributed by atoms with van der Waals surface area (Å²) in [6.07, 6.45) is 2.29. The van der Waals surface area contributed by atoms with Crippen molar-refractivity contribution >= 4 is 11.6 Å². The molecule has 92 valence electrons. The van der Waals surface area contributed by atoms with Crippen molar-refractivity contribution in [2.45, 2.75) is 6.92 Å². The number of aromatic hydroxyl groups is 1. The van der Waals surface area contributed by atoms with Crippen LogP contribution in [-0.4, -0.2) is 16.0 Å². The van der Waals surface area contributed by atoms with E-state index in [0.717, 1.165) is 12.3 Å². The maximum absolute atomic E-state index is 12.9. The number of anilines is 1. The monoisotopic (exact) mass is 246 g/mol. The second-order valence-electron chi connectivity index (χ2n) is 3.85. The van der Waals surface area contributed by atoms with Crippen molar-refractivity contribution in [3.63, 3.8) is 0 Å². The second-order valence-corrected chi connectivity index (χ2v) is 3.85. The molecule has 0 fully saturated rings. The third kappa shape index (κ3) is 2.63. The molecule has 1 aromatic carbocycles. The molecule has 2 aromatic rings. The maximum atomic E-state index is 12.9. The molecule has 18 heavy (non-hydrogen) atoms. The summed E-state index contributed by atoms with van der Waals surface area (Å²) >= 11 is 0. The highest BCUT2D eigenvalue weighted by Crippen LogP contribution is 2.21. The van der Waals surface area contributed by atoms with E-state index in [2.05, 4.69) is 10.3 Å². The molecular weight excluding hydrogens is 235 g/mol. The number of pyridine rings is 1. The molecule has 0 aliphatic carbocycles. The summed E-state index contributed by atoms with van der Waals surface area (Å²) in [4.78, 5) is 15.4. The first-order chi connectivity index (χ1) is 8.56. The Morgan fingerprint density at radius 1 is 1.33 bits per heavy atom. The molecule has 0 saturated heterocycles. The third-order valence-corrected chi connectivity index (χ3v) is 2.43. The van der Waals surface area contributed by atoms with E-state index in [1.54, 1.807) is 19.1 Å². The molecule has 0 radical (unpaired) electrons. The van der Waals surface area contributed by atoms with Gasteiger partial charge in [0.1, 0.15) is 11.6 Å². The number of hydrogen-bond acceptors (Lipinski definition) is 3. The first kappa shape index (κ1) is 12.0. The molecule has 0 aliphatic heterocycles. The zero-order valence-electron chi connectivity index (χ0n) is 9.64. The summed E-state index contributed by atoms with van der Waals surface area (Å²) in [5, 5.41) is 12.1. The van der Waals surface area contributed by atoms with Gasteiger partial charge in [-0.3, -0.25) is 9.78 Å². The molecule has 1 heterocycles. The fourth-order valence-electron chi connectivity index (χ4n) is 1.43. The van der Waals surface area contributed by atoms with Crippen LogP contribution in [0.2, 0.25) is 0 Å². The van der Waals surface area contributed by atoms with E-state index in [-0.39, 0.29) is 11.3 Å². The topological polar surface area (TPSA) is 62.2 Å². The molecule has 2 N–H and O–H groups in total. The van der Waals surface area contributed by atoms with Gasteiger partial charge in [0, 0.05) is 18.0 Å². The maximum Gasteiger partial charge on any atom is 0.257 e. The molecule has 1 amide bonds. The van der Waals surface area contributed by atoms with Gasteiger partial charge >= 0.3 is 0 Å². The van der Waals surface area contributed by atoms with Crippen LogP contribution in [0.1, 0.15) is 15.9 Å². The standard InChI is InChI=1S/C13H11FN2O2/c1-8-2-3-11(5-12(8)17)16-13(18)9-4-10(14)7-15-6-9/h2-7,17H,1H3,(H,16,18). The number of carbonyl (C=O) groups is 1. The second kappa shape index (κ2) is 4.83. The molecule has 4 nitrogen and oxygen atoms in total. The van der Waals surface area contributed by atoms with E-state index in [9.17, 15) is 14.3 Å². The molecule has 0 atom stereocenters. The normalized spacial score (nSPS) is 10.1. The molecule has 0 saturated carbocycles. The van der Waals surface area contributed by atoms with E-state index in [1.807, 2.05) is 0 Å². The van der Waals surface area contributed by atoms with Crippen molar-refractivity contribution in [3.05, 3.63) is 53.6 Å². The van der Waals surface area contributed by atoms with Crippen molar-refractivity contribution in [1.82, 2.24) is 4.98 Å². The number of aromatic nitrogens is 1. The van der Waals surface area contributed by atoms with E-state index >= 15 is 0 Å². The number of carbonyl (C=O) groups excluding carboxylic acids is 1. The van der Waals surface area contributed by atoms with Crippen molar-refractivity contribution in [2.75, 3.05) is 5.32 Å². The van der Waals surface area contributed by atoms with Crippen LogP contribution in [0.3, 0.4) is 0 Å². The SMILES string of the molecule is Cc1ccc(NC(=O)c2cncc(F)c2)cc1O. The van der Waals surface area contributed by atoms with Crippen molar-refractivity contribution in [2.24, 2.45) is 0 Å². The number of halogens is 1. The van der Waals surface area contributed by atoms with Gasteiger partial charge in [0.15, 0.2) is 0 Å². The Morgan fingerprint density at radius 2 is 2.11 bits per heavy atom. The predicted octanol–water partition coefficient (Wildman–Crippen LogP) is 2.49. The highest BCUT2D eigenvalue weighted by atomic mass is 19.1. The molecule has 0 unspecified atom stereocenters. The van der Waals surface area contributed by atoms with E-state index in [1.165, 1.54) is 12.3 Å². The highest BCUT2D eigenvalue weighted by Gasteiger charge is 2.08. The number of phenolic OH excluding ortho intramolecular Hbond substituents is 1. The van der Waals surface area contributed by atoms with E-state index < -0.39 is 11.7 Å². The lowest BCUT2D eigenvalue weighted by Gasteiger charge is -2.06. The fraction of sp³-hybridized carbons (Fsp3) is 0.0769. The minimum absolute atomic E-state index is 0.0881. The number of nitrogens with one attached hydrogen (secondary N) is 1. The van der Waals surface area contributed by atoms with Gasteiger partial charge in [0.2, 0.25) is 0 Å². The van der Waals surface area contributed by atoms with Crippen LogP contribution in [0.15, 0.2) is 36.7 Å². The quantitative estimate of drug-likeness (QED) is 0.855. The van der Waals surface area contributed by atoms with Gasteiger partial charge in [0.25, 0.3) is 5.91 Å². The summed E-state index contributed by atoms with van der Waals surface area (Å²) < 4.78 is 12.9. The van der Waals surface area contributed by atoms with Crippen LogP contribution in [0, 0.1) is 12.7 Å². The van der Waals surface area contributed by atoms with Crippen LogP contribution < -0.4 is 5.32 Å². The molecular formula is C13H11FN2O2. The van der Waals surface area contributed by atoms with Crippen LogP contribution >= 0.6 is 0 Å². The lowest BCUT2D eigenvalue weighted by molar-refractivity contribution is 0.102. The van der Waals surface area contributed by atoms with Gasteiger partial charge < -0.3 is 10.4 Å². The minimum Gasteiger partial charge on any atom is -0.508 e. The first-order valence-electron chi connectivity index (χ1n) is 5.28. The number of nitrogens with zero attached hydrogens (tertiary/aromatic N) is 1. The Hall–Kier alpha value is -2.43. The smallest absolute Gasteiger partial charge is 0.257 e. The molecule has 0 bridgehead atoms. The Bertz CT molecular complexity index is 599. The number of amides is 1. The van der Waals surface area contributed by atoms with Crippen LogP contribution in [-0.2, 0) is 0 Å². The minimum atomic E-state index is -0.575. The van der Waals surface area contributed by atoms with Crippen LogP contribution in [0.25, 0.3) is 0 Å². The zero-order valence-corrected chi connectivity index (χ0v) is 9.64. The average Bonchev–Trinajstić information content (AvgIpc) is 2.34. The number of phenols is 1. The summed E-state index contributed by atoms with van der Waals surface area (Å²) in [5.41, 5.74) is 1.27. The van der Waals surface area contributed by atoms with Gasteiger partial charge in [-0.15, -0.1) is 0 Å². The largest absolute Gasteiger partial charge is 0.508 e. The van der Waals surface area contributed by atoms with Crippen molar-refractivity contribution in [1.29, 1.82) is 0 Å². The molecule has 0 aliphatic rings. The predicted molar refractivity (Wildman–Crippen MR) is 65.0 cm³/mol. The van der Waals surface area contributed by atoms with Crippen molar-refractivity contribution in [3.8, 4) is 5.75 Å². The lowest BCUT2D eigenvalue weighted by Crippen LogP contribution is -2.12. The number of hydrogen-bond donors (Lipinski definition) is 2. The summed E-state index contributed by atoms with van der Waals surface area (Å²) in [7, 11) is 0. The van der Waals surface area contributed by atoms with Gasteiger partial charge in [-0.1, -0.05) is 6.07 Å².